The highest BCUT2D eigenvalue weighted by Crippen LogP contribution is 2.34. The molecule has 0 aliphatic rings. The van der Waals surface area contributed by atoms with Gasteiger partial charge in [0.25, 0.3) is 11.8 Å². The van der Waals surface area contributed by atoms with Crippen LogP contribution in [0.3, 0.4) is 0 Å². The number of carbonyl (C=O) groups excluding carboxylic acids is 2. The molecule has 9 nitrogen and oxygen atoms in total. The van der Waals surface area contributed by atoms with E-state index in [2.05, 4.69) is 38.4 Å². The first-order chi connectivity index (χ1) is 20.9. The highest BCUT2D eigenvalue weighted by atomic mass is 127. The molecule has 0 aliphatic heterocycles. The van der Waals surface area contributed by atoms with Gasteiger partial charge < -0.3 is 24.3 Å². The van der Waals surface area contributed by atoms with Crippen LogP contribution in [0.15, 0.2) is 90.0 Å². The predicted octanol–water partition coefficient (Wildman–Crippen LogP) is 6.71. The number of methoxy groups -OCH3 is 1. The van der Waals surface area contributed by atoms with Gasteiger partial charge in [-0.2, -0.15) is 5.10 Å². The Morgan fingerprint density at radius 1 is 0.907 bits per heavy atom. The molecule has 11 heteroatoms. The number of anilines is 1. The molecule has 0 aromatic heterocycles. The fraction of sp³-hybridized carbons (Fsp3) is 0.156. The van der Waals surface area contributed by atoms with E-state index in [4.69, 9.17) is 30.5 Å². The van der Waals surface area contributed by atoms with Crippen LogP contribution in [0.1, 0.15) is 28.4 Å². The summed E-state index contributed by atoms with van der Waals surface area (Å²) in [6, 6.07) is 25.0. The van der Waals surface area contributed by atoms with Crippen LogP contribution in [-0.4, -0.2) is 38.4 Å². The summed E-state index contributed by atoms with van der Waals surface area (Å²) in [6.45, 7) is 2.43. The number of amides is 2. The number of hydrazone groups is 1. The molecule has 0 spiro atoms. The maximum atomic E-state index is 12.8. The molecule has 2 N–H and O–H groups in total. The number of hydrogen-bond donors (Lipinski definition) is 2. The van der Waals surface area contributed by atoms with Gasteiger partial charge in [-0.15, -0.1) is 0 Å². The van der Waals surface area contributed by atoms with Gasteiger partial charge in [-0.05, 0) is 95.2 Å². The number of nitrogens with one attached hydrogen (secondary N) is 2. The van der Waals surface area contributed by atoms with Crippen LogP contribution >= 0.6 is 34.2 Å². The molecule has 4 aromatic carbocycles. The van der Waals surface area contributed by atoms with E-state index in [1.165, 1.54) is 13.3 Å². The van der Waals surface area contributed by atoms with Crippen LogP contribution in [-0.2, 0) is 11.4 Å². The van der Waals surface area contributed by atoms with E-state index in [1.807, 2.05) is 37.3 Å². The molecule has 2 amide bonds. The first-order valence-electron chi connectivity index (χ1n) is 13.2. The van der Waals surface area contributed by atoms with Crippen molar-refractivity contribution in [1.29, 1.82) is 0 Å². The zero-order valence-corrected chi connectivity index (χ0v) is 26.3. The maximum absolute atomic E-state index is 12.8. The average molecular weight is 714 g/mol. The zero-order chi connectivity index (χ0) is 30.6. The third kappa shape index (κ3) is 9.35. The fourth-order valence-electron chi connectivity index (χ4n) is 3.82. The molecule has 43 heavy (non-hydrogen) atoms. The Hall–Kier alpha value is -4.29. The van der Waals surface area contributed by atoms with Gasteiger partial charge in [-0.25, -0.2) is 5.43 Å². The third-order valence-corrected chi connectivity index (χ3v) is 6.90. The Labute approximate surface area is 268 Å². The summed E-state index contributed by atoms with van der Waals surface area (Å²) in [6.07, 6.45) is 1.49. The average Bonchev–Trinajstić information content (AvgIpc) is 3.01. The zero-order valence-electron chi connectivity index (χ0n) is 23.4. The van der Waals surface area contributed by atoms with Crippen molar-refractivity contribution in [3.05, 3.63) is 110 Å². The van der Waals surface area contributed by atoms with Crippen molar-refractivity contribution in [2.45, 2.75) is 13.5 Å². The van der Waals surface area contributed by atoms with Gasteiger partial charge in [0.1, 0.15) is 6.61 Å². The van der Waals surface area contributed by atoms with E-state index in [1.54, 1.807) is 54.6 Å². The molecule has 0 radical (unpaired) electrons. The van der Waals surface area contributed by atoms with Gasteiger partial charge in [0, 0.05) is 16.3 Å². The van der Waals surface area contributed by atoms with E-state index in [0.717, 1.165) is 5.56 Å². The summed E-state index contributed by atoms with van der Waals surface area (Å²) in [5, 5.41) is 7.41. The fourth-order valence-corrected chi connectivity index (χ4v) is 4.73. The highest BCUT2D eigenvalue weighted by molar-refractivity contribution is 14.1. The quantitative estimate of drug-likeness (QED) is 0.0907. The number of rotatable bonds is 13. The predicted molar refractivity (Wildman–Crippen MR) is 175 cm³/mol. The first-order valence-corrected chi connectivity index (χ1v) is 14.6. The molecule has 0 aliphatic carbocycles. The Kier molecular flexibility index (Phi) is 11.6. The normalized spacial score (nSPS) is 10.7. The van der Waals surface area contributed by atoms with Gasteiger partial charge in [0.15, 0.2) is 29.6 Å². The lowest BCUT2D eigenvalue weighted by Crippen LogP contribution is -2.20. The van der Waals surface area contributed by atoms with Crippen molar-refractivity contribution >= 4 is 57.9 Å². The third-order valence-electron chi connectivity index (χ3n) is 5.85. The molecule has 0 saturated heterocycles. The Balaban J connectivity index is 1.36. The van der Waals surface area contributed by atoms with E-state index in [-0.39, 0.29) is 12.5 Å². The minimum Gasteiger partial charge on any atom is -0.493 e. The van der Waals surface area contributed by atoms with Crippen molar-refractivity contribution in [2.24, 2.45) is 5.10 Å². The first kappa shape index (κ1) is 31.6. The number of benzene rings is 4. The molecule has 4 aromatic rings. The monoisotopic (exact) mass is 713 g/mol. The van der Waals surface area contributed by atoms with Crippen LogP contribution in [0.25, 0.3) is 0 Å². The second kappa shape index (κ2) is 15.8. The lowest BCUT2D eigenvalue weighted by molar-refractivity contribution is -0.118. The van der Waals surface area contributed by atoms with Gasteiger partial charge >= 0.3 is 0 Å². The number of carbonyl (C=O) groups is 2. The molecule has 4 rings (SSSR count). The molecule has 0 atom stereocenters. The minimum atomic E-state index is -0.417. The van der Waals surface area contributed by atoms with Crippen molar-refractivity contribution in [2.75, 3.05) is 25.6 Å². The van der Waals surface area contributed by atoms with Crippen molar-refractivity contribution in [1.82, 2.24) is 5.43 Å². The lowest BCUT2D eigenvalue weighted by Gasteiger charge is -2.14. The van der Waals surface area contributed by atoms with Crippen molar-refractivity contribution in [3.8, 4) is 23.0 Å². The van der Waals surface area contributed by atoms with Crippen molar-refractivity contribution in [3.63, 3.8) is 0 Å². The maximum Gasteiger partial charge on any atom is 0.271 e. The van der Waals surface area contributed by atoms with Crippen LogP contribution < -0.4 is 29.7 Å². The summed E-state index contributed by atoms with van der Waals surface area (Å²) in [7, 11) is 1.50. The minimum absolute atomic E-state index is 0.224. The smallest absolute Gasteiger partial charge is 0.271 e. The molecular weight excluding hydrogens is 685 g/mol. The summed E-state index contributed by atoms with van der Waals surface area (Å²) >= 11 is 7.97. The van der Waals surface area contributed by atoms with Gasteiger partial charge in [-0.3, -0.25) is 9.59 Å². The highest BCUT2D eigenvalue weighted by Gasteiger charge is 2.15. The summed E-state index contributed by atoms with van der Waals surface area (Å²) in [5.74, 6) is 1.07. The number of nitrogens with zero attached hydrogens (tertiary/aromatic N) is 1. The second-order valence-electron chi connectivity index (χ2n) is 8.95. The molecule has 222 valence electrons. The Morgan fingerprint density at radius 2 is 1.67 bits per heavy atom. The molecule has 0 fully saturated rings. The van der Waals surface area contributed by atoms with Crippen molar-refractivity contribution < 1.29 is 28.5 Å². The van der Waals surface area contributed by atoms with Gasteiger partial charge in [0.05, 0.1) is 23.5 Å². The molecular formula is C32H29ClIN3O6. The van der Waals surface area contributed by atoms with E-state index in [9.17, 15) is 9.59 Å². The molecule has 0 unspecified atom stereocenters. The van der Waals surface area contributed by atoms with Crippen LogP contribution in [0.4, 0.5) is 5.69 Å². The Bertz CT molecular complexity index is 1580. The van der Waals surface area contributed by atoms with E-state index >= 15 is 0 Å². The van der Waals surface area contributed by atoms with Crippen LogP contribution in [0, 0.1) is 3.57 Å². The second-order valence-corrected chi connectivity index (χ2v) is 10.5. The SMILES string of the molecule is CCOc1cc(C(=O)N/N=C/c2cc(I)c(OCC(=O)Nc3ccc(Cl)cc3)c(OC)c2)ccc1OCc1ccccc1. The van der Waals surface area contributed by atoms with Gasteiger partial charge in [-0.1, -0.05) is 41.9 Å². The number of halogens is 2. The molecule has 0 bridgehead atoms. The lowest BCUT2D eigenvalue weighted by atomic mass is 10.2. The topological polar surface area (TPSA) is 107 Å². The van der Waals surface area contributed by atoms with Gasteiger partial charge in [0.2, 0.25) is 0 Å². The summed E-state index contributed by atoms with van der Waals surface area (Å²) < 4.78 is 23.5. The van der Waals surface area contributed by atoms with E-state index in [0.29, 0.717) is 61.6 Å². The summed E-state index contributed by atoms with van der Waals surface area (Å²) in [5.41, 5.74) is 5.17. The Morgan fingerprint density at radius 3 is 2.40 bits per heavy atom. The van der Waals surface area contributed by atoms with E-state index < -0.39 is 5.91 Å². The summed E-state index contributed by atoms with van der Waals surface area (Å²) in [4.78, 5) is 25.2. The number of ether oxygens (including phenoxy) is 4. The standard InChI is InChI=1S/C32H29ClIN3O6/c1-3-41-28-17-23(9-14-27(28)42-19-21-7-5-4-6-8-21)32(39)37-35-18-22-15-26(34)31(29(16-22)40-2)43-20-30(38)36-25-12-10-24(33)11-13-25/h4-18H,3,19-20H2,1-2H3,(H,36,38)(H,37,39)/b35-18+. The number of hydrogen-bond acceptors (Lipinski definition) is 7. The largest absolute Gasteiger partial charge is 0.493 e. The van der Waals surface area contributed by atoms with Crippen LogP contribution in [0.2, 0.25) is 5.02 Å². The molecule has 0 saturated carbocycles. The van der Waals surface area contributed by atoms with Crippen LogP contribution in [0.5, 0.6) is 23.0 Å². The molecule has 0 heterocycles.